The second-order valence-electron chi connectivity index (χ2n) is 2.29. The van der Waals surface area contributed by atoms with Crippen molar-refractivity contribution in [1.82, 2.24) is 0 Å². The monoisotopic (exact) mass is 248 g/mol. The van der Waals surface area contributed by atoms with Gasteiger partial charge in [-0.1, -0.05) is 0 Å². The SMILES string of the molecule is CNc1cc([N+](=O)[O-])c(Br)cc1F. The number of nitro benzene ring substituents is 1. The van der Waals surface area contributed by atoms with Crippen LogP contribution >= 0.6 is 15.9 Å². The lowest BCUT2D eigenvalue weighted by atomic mass is 10.2. The van der Waals surface area contributed by atoms with Gasteiger partial charge in [0.2, 0.25) is 0 Å². The van der Waals surface area contributed by atoms with Gasteiger partial charge in [0.05, 0.1) is 15.1 Å². The van der Waals surface area contributed by atoms with Crippen LogP contribution in [-0.2, 0) is 0 Å². The van der Waals surface area contributed by atoms with Crippen molar-refractivity contribution in [2.24, 2.45) is 0 Å². The predicted octanol–water partition coefficient (Wildman–Crippen LogP) is 2.54. The Morgan fingerprint density at radius 3 is 2.69 bits per heavy atom. The van der Waals surface area contributed by atoms with Crippen LogP contribution in [0.4, 0.5) is 15.8 Å². The molecule has 1 aromatic rings. The fourth-order valence-corrected chi connectivity index (χ4v) is 1.33. The molecule has 0 unspecified atom stereocenters. The minimum Gasteiger partial charge on any atom is -0.386 e. The highest BCUT2D eigenvalue weighted by atomic mass is 79.9. The highest BCUT2D eigenvalue weighted by Gasteiger charge is 2.15. The number of nitrogens with one attached hydrogen (secondary N) is 1. The van der Waals surface area contributed by atoms with Gasteiger partial charge in [-0.15, -0.1) is 0 Å². The van der Waals surface area contributed by atoms with Crippen molar-refractivity contribution >= 4 is 27.3 Å². The third-order valence-electron chi connectivity index (χ3n) is 1.50. The molecule has 0 heterocycles. The molecular weight excluding hydrogens is 243 g/mol. The molecule has 6 heteroatoms. The lowest BCUT2D eigenvalue weighted by Gasteiger charge is -2.02. The standard InChI is InChI=1S/C7H6BrFN2O2/c1-10-6-3-7(11(12)13)4(8)2-5(6)9/h2-3,10H,1H3. The van der Waals surface area contributed by atoms with Crippen molar-refractivity contribution in [2.75, 3.05) is 12.4 Å². The van der Waals surface area contributed by atoms with Crippen LogP contribution in [0.2, 0.25) is 0 Å². The fourth-order valence-electron chi connectivity index (χ4n) is 0.869. The normalized spacial score (nSPS) is 9.77. The Bertz CT molecular complexity index is 357. The van der Waals surface area contributed by atoms with E-state index in [1.165, 1.54) is 7.05 Å². The van der Waals surface area contributed by atoms with E-state index >= 15 is 0 Å². The molecule has 70 valence electrons. The lowest BCUT2D eigenvalue weighted by Crippen LogP contribution is -1.96. The smallest absolute Gasteiger partial charge is 0.285 e. The topological polar surface area (TPSA) is 55.2 Å². The molecule has 0 saturated heterocycles. The molecule has 0 fully saturated rings. The second kappa shape index (κ2) is 3.69. The van der Waals surface area contributed by atoms with Crippen LogP contribution in [0.1, 0.15) is 0 Å². The fraction of sp³-hybridized carbons (Fsp3) is 0.143. The van der Waals surface area contributed by atoms with Gasteiger partial charge in [-0.2, -0.15) is 0 Å². The maximum absolute atomic E-state index is 13.0. The summed E-state index contributed by atoms with van der Waals surface area (Å²) in [6.45, 7) is 0. The summed E-state index contributed by atoms with van der Waals surface area (Å²) in [6, 6.07) is 2.20. The van der Waals surface area contributed by atoms with E-state index in [2.05, 4.69) is 21.2 Å². The summed E-state index contributed by atoms with van der Waals surface area (Å²) in [5.41, 5.74) is -0.0550. The van der Waals surface area contributed by atoms with E-state index in [4.69, 9.17) is 0 Å². The molecule has 0 atom stereocenters. The van der Waals surface area contributed by atoms with Gasteiger partial charge in [-0.25, -0.2) is 4.39 Å². The van der Waals surface area contributed by atoms with Crippen molar-refractivity contribution in [3.8, 4) is 0 Å². The first-order chi connectivity index (χ1) is 6.06. The van der Waals surface area contributed by atoms with Crippen molar-refractivity contribution in [2.45, 2.75) is 0 Å². The molecule has 0 aliphatic heterocycles. The van der Waals surface area contributed by atoms with E-state index < -0.39 is 10.7 Å². The van der Waals surface area contributed by atoms with E-state index in [-0.39, 0.29) is 15.8 Å². The van der Waals surface area contributed by atoms with Crippen molar-refractivity contribution < 1.29 is 9.31 Å². The third kappa shape index (κ3) is 1.95. The molecule has 1 aromatic carbocycles. The molecule has 0 aliphatic rings. The molecule has 0 saturated carbocycles. The minimum absolute atomic E-state index is 0.106. The summed E-state index contributed by atoms with van der Waals surface area (Å²) in [4.78, 5) is 9.85. The number of nitrogens with zero attached hydrogens (tertiary/aromatic N) is 1. The summed E-state index contributed by atoms with van der Waals surface area (Å²) in [5.74, 6) is -0.528. The molecular formula is C7H6BrFN2O2. The first-order valence-corrected chi connectivity index (χ1v) is 4.16. The van der Waals surface area contributed by atoms with Crippen LogP contribution in [0.15, 0.2) is 16.6 Å². The van der Waals surface area contributed by atoms with Crippen LogP contribution in [0.3, 0.4) is 0 Å². The zero-order valence-electron chi connectivity index (χ0n) is 6.67. The Morgan fingerprint density at radius 2 is 2.23 bits per heavy atom. The zero-order chi connectivity index (χ0) is 10.0. The quantitative estimate of drug-likeness (QED) is 0.647. The number of rotatable bonds is 2. The maximum atomic E-state index is 13.0. The van der Waals surface area contributed by atoms with Crippen LogP contribution in [0, 0.1) is 15.9 Å². The van der Waals surface area contributed by atoms with Gasteiger partial charge < -0.3 is 5.32 Å². The van der Waals surface area contributed by atoms with Gasteiger partial charge in [-0.05, 0) is 22.0 Å². The van der Waals surface area contributed by atoms with E-state index in [0.717, 1.165) is 12.1 Å². The largest absolute Gasteiger partial charge is 0.386 e. The predicted molar refractivity (Wildman–Crippen MR) is 50.3 cm³/mol. The average Bonchev–Trinajstić information content (AvgIpc) is 2.03. The summed E-state index contributed by atoms with van der Waals surface area (Å²) in [5, 5.41) is 12.9. The van der Waals surface area contributed by atoms with Gasteiger partial charge in [-0.3, -0.25) is 10.1 Å². The van der Waals surface area contributed by atoms with E-state index in [1.54, 1.807) is 0 Å². The number of benzene rings is 1. The van der Waals surface area contributed by atoms with Crippen molar-refractivity contribution in [3.63, 3.8) is 0 Å². The second-order valence-corrected chi connectivity index (χ2v) is 3.14. The number of anilines is 1. The van der Waals surface area contributed by atoms with Crippen molar-refractivity contribution in [3.05, 3.63) is 32.5 Å². The average molecular weight is 249 g/mol. The van der Waals surface area contributed by atoms with Gasteiger partial charge in [0.25, 0.3) is 5.69 Å². The first kappa shape index (κ1) is 9.91. The van der Waals surface area contributed by atoms with Gasteiger partial charge in [0, 0.05) is 13.1 Å². The minimum atomic E-state index is -0.579. The van der Waals surface area contributed by atoms with Crippen molar-refractivity contribution in [1.29, 1.82) is 0 Å². The number of hydrogen-bond donors (Lipinski definition) is 1. The summed E-state index contributed by atoms with van der Waals surface area (Å²) in [7, 11) is 1.50. The first-order valence-electron chi connectivity index (χ1n) is 3.37. The highest BCUT2D eigenvalue weighted by molar-refractivity contribution is 9.10. The Balaban J connectivity index is 3.30. The van der Waals surface area contributed by atoms with Crippen LogP contribution in [0.25, 0.3) is 0 Å². The number of hydrogen-bond acceptors (Lipinski definition) is 3. The Hall–Kier alpha value is -1.17. The van der Waals surface area contributed by atoms with Crippen LogP contribution in [-0.4, -0.2) is 12.0 Å². The van der Waals surface area contributed by atoms with Crippen LogP contribution < -0.4 is 5.32 Å². The van der Waals surface area contributed by atoms with E-state index in [0.29, 0.717) is 0 Å². The summed E-state index contributed by atoms with van der Waals surface area (Å²) in [6.07, 6.45) is 0. The summed E-state index contributed by atoms with van der Waals surface area (Å²) >= 11 is 2.90. The van der Waals surface area contributed by atoms with E-state index in [9.17, 15) is 14.5 Å². The molecule has 0 aliphatic carbocycles. The van der Waals surface area contributed by atoms with Gasteiger partial charge in [0.1, 0.15) is 5.82 Å². The molecule has 1 N–H and O–H groups in total. The number of halogens is 2. The molecule has 0 radical (unpaired) electrons. The molecule has 0 aromatic heterocycles. The molecule has 0 bridgehead atoms. The van der Waals surface area contributed by atoms with Gasteiger partial charge in [0.15, 0.2) is 0 Å². The number of nitro groups is 1. The Kier molecular flexibility index (Phi) is 2.82. The van der Waals surface area contributed by atoms with Crippen LogP contribution in [0.5, 0.6) is 0 Å². The Labute approximate surface area is 82.0 Å². The molecule has 0 amide bonds. The Morgan fingerprint density at radius 1 is 1.62 bits per heavy atom. The summed E-state index contributed by atoms with van der Waals surface area (Å²) < 4.78 is 13.1. The molecule has 4 nitrogen and oxygen atoms in total. The third-order valence-corrected chi connectivity index (χ3v) is 2.14. The van der Waals surface area contributed by atoms with Gasteiger partial charge >= 0.3 is 0 Å². The maximum Gasteiger partial charge on any atom is 0.285 e. The molecule has 0 spiro atoms. The highest BCUT2D eigenvalue weighted by Crippen LogP contribution is 2.29. The van der Waals surface area contributed by atoms with E-state index in [1.807, 2.05) is 0 Å². The molecule has 1 rings (SSSR count). The molecule has 13 heavy (non-hydrogen) atoms. The zero-order valence-corrected chi connectivity index (χ0v) is 8.26. The lowest BCUT2D eigenvalue weighted by molar-refractivity contribution is -0.385.